The number of esters is 3. The molecule has 1 fully saturated rings. The molecule has 32 heavy (non-hydrogen) atoms. The highest BCUT2D eigenvalue weighted by Crippen LogP contribution is 2.36. The fourth-order valence-corrected chi connectivity index (χ4v) is 3.39. The van der Waals surface area contributed by atoms with Crippen molar-refractivity contribution in [1.29, 1.82) is 0 Å². The molecule has 3 heterocycles. The Kier molecular flexibility index (Phi) is 7.23. The average Bonchev–Trinajstić information content (AvgIpc) is 3.26. The van der Waals surface area contributed by atoms with Gasteiger partial charge in [-0.05, 0) is 5.92 Å². The number of hydrogen-bond acceptors (Lipinski definition) is 11. The maximum absolute atomic E-state index is 11.8. The molecule has 0 amide bonds. The first-order valence-electron chi connectivity index (χ1n) is 10.2. The van der Waals surface area contributed by atoms with Gasteiger partial charge in [0, 0.05) is 27.3 Å². The molecule has 0 aliphatic carbocycles. The van der Waals surface area contributed by atoms with E-state index in [9.17, 15) is 14.4 Å². The number of imidazole rings is 1. The third-order valence-corrected chi connectivity index (χ3v) is 4.65. The number of aromatic nitrogens is 4. The summed E-state index contributed by atoms with van der Waals surface area (Å²) >= 11 is 0. The van der Waals surface area contributed by atoms with Gasteiger partial charge < -0.3 is 24.3 Å². The highest BCUT2D eigenvalue weighted by Gasteiger charge is 2.51. The topological polar surface area (TPSA) is 144 Å². The molecular weight excluding hydrogens is 422 g/mol. The van der Waals surface area contributed by atoms with Crippen molar-refractivity contribution in [3.05, 3.63) is 12.7 Å². The maximum atomic E-state index is 11.8. The first-order valence-corrected chi connectivity index (χ1v) is 10.2. The summed E-state index contributed by atoms with van der Waals surface area (Å²) in [6.45, 7) is 8.36. The van der Waals surface area contributed by atoms with Gasteiger partial charge in [-0.15, -0.1) is 0 Å². The molecule has 1 aliphatic rings. The van der Waals surface area contributed by atoms with Crippen LogP contribution in [0, 0.1) is 5.92 Å². The molecule has 174 valence electrons. The SMILES string of the molecule is CC(=O)OC[C@H]1O[C@@H](n2cnc3c(NCC(C)C)ncnc32)[C@H](OC(C)=O)[C@@H]1OC(C)=O. The molecule has 0 saturated carbocycles. The lowest BCUT2D eigenvalue weighted by Crippen LogP contribution is -2.40. The summed E-state index contributed by atoms with van der Waals surface area (Å²) in [6.07, 6.45) is -0.939. The van der Waals surface area contributed by atoms with Crippen LogP contribution >= 0.6 is 0 Å². The number of ether oxygens (including phenoxy) is 4. The summed E-state index contributed by atoms with van der Waals surface area (Å²) in [5.74, 6) is -0.767. The van der Waals surface area contributed by atoms with Crippen molar-refractivity contribution >= 4 is 34.9 Å². The van der Waals surface area contributed by atoms with Crippen LogP contribution in [0.15, 0.2) is 12.7 Å². The van der Waals surface area contributed by atoms with Crippen molar-refractivity contribution in [3.63, 3.8) is 0 Å². The Morgan fingerprint density at radius 3 is 2.38 bits per heavy atom. The van der Waals surface area contributed by atoms with Crippen molar-refractivity contribution in [2.45, 2.75) is 59.2 Å². The quantitative estimate of drug-likeness (QED) is 0.459. The Hall–Kier alpha value is -3.28. The Bertz CT molecular complexity index is 992. The number of fused-ring (bicyclic) bond motifs is 1. The second kappa shape index (κ2) is 9.90. The van der Waals surface area contributed by atoms with E-state index in [0.717, 1.165) is 0 Å². The zero-order valence-corrected chi connectivity index (χ0v) is 18.6. The summed E-state index contributed by atoms with van der Waals surface area (Å²) in [6, 6.07) is 0. The molecule has 1 N–H and O–H groups in total. The van der Waals surface area contributed by atoms with Crippen LogP contribution in [-0.2, 0) is 33.3 Å². The van der Waals surface area contributed by atoms with E-state index in [0.29, 0.717) is 29.4 Å². The summed E-state index contributed by atoms with van der Waals surface area (Å²) < 4.78 is 23.5. The molecule has 1 aliphatic heterocycles. The Balaban J connectivity index is 1.98. The van der Waals surface area contributed by atoms with Crippen molar-refractivity contribution < 1.29 is 33.3 Å². The van der Waals surface area contributed by atoms with Crippen LogP contribution in [0.5, 0.6) is 0 Å². The zero-order chi connectivity index (χ0) is 23.4. The number of carbonyl (C=O) groups is 3. The maximum Gasteiger partial charge on any atom is 0.303 e. The number of rotatable bonds is 8. The van der Waals surface area contributed by atoms with E-state index in [1.54, 1.807) is 4.57 Å². The molecule has 3 rings (SSSR count). The number of anilines is 1. The summed E-state index contributed by atoms with van der Waals surface area (Å²) in [7, 11) is 0. The second-order valence-corrected chi connectivity index (χ2v) is 7.84. The smallest absolute Gasteiger partial charge is 0.303 e. The molecule has 0 unspecified atom stereocenters. The predicted octanol–water partition coefficient (Wildman–Crippen LogP) is 1.22. The van der Waals surface area contributed by atoms with Gasteiger partial charge in [-0.2, -0.15) is 0 Å². The second-order valence-electron chi connectivity index (χ2n) is 7.84. The van der Waals surface area contributed by atoms with Crippen LogP contribution in [0.25, 0.3) is 11.2 Å². The van der Waals surface area contributed by atoms with E-state index >= 15 is 0 Å². The Morgan fingerprint density at radius 1 is 1.06 bits per heavy atom. The van der Waals surface area contributed by atoms with Gasteiger partial charge in [0.25, 0.3) is 0 Å². The third kappa shape index (κ3) is 5.31. The average molecular weight is 449 g/mol. The molecule has 12 nitrogen and oxygen atoms in total. The third-order valence-electron chi connectivity index (χ3n) is 4.65. The van der Waals surface area contributed by atoms with E-state index < -0.39 is 42.4 Å². The van der Waals surface area contributed by atoms with Crippen LogP contribution in [0.4, 0.5) is 5.82 Å². The van der Waals surface area contributed by atoms with Crippen molar-refractivity contribution in [1.82, 2.24) is 19.5 Å². The van der Waals surface area contributed by atoms with Gasteiger partial charge in [0.15, 0.2) is 35.4 Å². The van der Waals surface area contributed by atoms with Gasteiger partial charge in [-0.3, -0.25) is 19.0 Å². The number of nitrogens with one attached hydrogen (secondary N) is 1. The highest BCUT2D eigenvalue weighted by atomic mass is 16.7. The molecular formula is C20H27N5O7. The Morgan fingerprint density at radius 2 is 1.75 bits per heavy atom. The first-order chi connectivity index (χ1) is 15.2. The van der Waals surface area contributed by atoms with E-state index in [2.05, 4.69) is 34.1 Å². The summed E-state index contributed by atoms with van der Waals surface area (Å²) in [5, 5.41) is 3.23. The fraction of sp³-hybridized carbons (Fsp3) is 0.600. The molecule has 12 heteroatoms. The van der Waals surface area contributed by atoms with Gasteiger partial charge in [0.1, 0.15) is 19.0 Å². The fourth-order valence-electron chi connectivity index (χ4n) is 3.39. The number of nitrogens with zero attached hydrogens (tertiary/aromatic N) is 4. The van der Waals surface area contributed by atoms with Gasteiger partial charge in [-0.25, -0.2) is 15.0 Å². The van der Waals surface area contributed by atoms with Crippen LogP contribution in [0.2, 0.25) is 0 Å². The van der Waals surface area contributed by atoms with E-state index in [4.69, 9.17) is 18.9 Å². The highest BCUT2D eigenvalue weighted by molar-refractivity contribution is 5.82. The molecule has 0 spiro atoms. The Labute approximate surface area is 184 Å². The van der Waals surface area contributed by atoms with Crippen LogP contribution in [0.3, 0.4) is 0 Å². The number of hydrogen-bond donors (Lipinski definition) is 1. The predicted molar refractivity (Wildman–Crippen MR) is 110 cm³/mol. The van der Waals surface area contributed by atoms with E-state index in [1.807, 2.05) is 0 Å². The lowest BCUT2D eigenvalue weighted by Gasteiger charge is -2.23. The molecule has 2 aromatic rings. The summed E-state index contributed by atoms with van der Waals surface area (Å²) in [5.41, 5.74) is 0.939. The van der Waals surface area contributed by atoms with Crippen LogP contribution in [0.1, 0.15) is 40.8 Å². The first kappa shape index (κ1) is 23.4. The van der Waals surface area contributed by atoms with Crippen LogP contribution < -0.4 is 5.32 Å². The van der Waals surface area contributed by atoms with Gasteiger partial charge in [-0.1, -0.05) is 13.8 Å². The minimum atomic E-state index is -1.02. The largest absolute Gasteiger partial charge is 0.463 e. The molecule has 2 aromatic heterocycles. The lowest BCUT2D eigenvalue weighted by molar-refractivity contribution is -0.166. The normalized spacial score (nSPS) is 22.7. The van der Waals surface area contributed by atoms with E-state index in [-0.39, 0.29) is 6.61 Å². The molecule has 4 atom stereocenters. The number of carbonyl (C=O) groups excluding carboxylic acids is 3. The summed E-state index contributed by atoms with van der Waals surface area (Å²) in [4.78, 5) is 47.8. The molecule has 0 bridgehead atoms. The minimum absolute atomic E-state index is 0.190. The van der Waals surface area contributed by atoms with Gasteiger partial charge in [0.05, 0.1) is 6.33 Å². The molecule has 1 saturated heterocycles. The molecule has 0 aromatic carbocycles. The van der Waals surface area contributed by atoms with Crippen molar-refractivity contribution in [2.75, 3.05) is 18.5 Å². The van der Waals surface area contributed by atoms with Gasteiger partial charge >= 0.3 is 17.9 Å². The van der Waals surface area contributed by atoms with Crippen molar-refractivity contribution in [2.24, 2.45) is 5.92 Å². The van der Waals surface area contributed by atoms with Crippen molar-refractivity contribution in [3.8, 4) is 0 Å². The monoisotopic (exact) mass is 449 g/mol. The van der Waals surface area contributed by atoms with Gasteiger partial charge in [0.2, 0.25) is 0 Å². The molecule has 0 radical (unpaired) electrons. The van der Waals surface area contributed by atoms with E-state index in [1.165, 1.54) is 33.4 Å². The minimum Gasteiger partial charge on any atom is -0.463 e. The standard InChI is InChI=1S/C20H27N5O7/c1-10(2)6-21-18-15-19(23-8-22-18)25(9-24-15)20-17(31-13(5)28)16(30-12(4)27)14(32-20)7-29-11(3)26/h8-10,14,16-17,20H,6-7H2,1-5H3,(H,21,22,23)/t14-,16-,17-,20-/m1/s1. The zero-order valence-electron chi connectivity index (χ0n) is 18.6. The lowest BCUT2D eigenvalue weighted by atomic mass is 10.1. The van der Waals surface area contributed by atoms with Crippen LogP contribution in [-0.4, -0.2) is 68.9 Å².